The number of imide groups is 4. The van der Waals surface area contributed by atoms with E-state index in [-0.39, 0.29) is 43.6 Å². The fourth-order valence-electron chi connectivity index (χ4n) is 5.85. The second-order valence-electron chi connectivity index (χ2n) is 15.4. The predicted octanol–water partition coefficient (Wildman–Crippen LogP) is 2.21. The molecular formula is C38H71N9O10S. The Morgan fingerprint density at radius 3 is 1.83 bits per heavy atom. The van der Waals surface area contributed by atoms with Crippen molar-refractivity contribution in [3.8, 4) is 0 Å². The normalized spacial score (nSPS) is 13.4. The topological polar surface area (TPSA) is 241 Å². The number of likely N-dealkylation sites (N-methyl/N-ethyl adjacent to an activating group) is 4. The number of aliphatic hydroxyl groups is 2. The molecule has 0 aromatic heterocycles. The lowest BCUT2D eigenvalue weighted by molar-refractivity contribution is -0.145. The number of carbonyl (C=O) groups is 8. The Bertz CT molecular complexity index is 1380. The summed E-state index contributed by atoms with van der Waals surface area (Å²) in [7, 11) is 6.45. The molecule has 0 rings (SSSR count). The average molecular weight is 846 g/mol. The number of rotatable bonds is 23. The molecule has 0 bridgehead atoms. The van der Waals surface area contributed by atoms with Crippen LogP contribution in [0.5, 0.6) is 0 Å². The Kier molecular flexibility index (Phi) is 25.0. The molecule has 58 heavy (non-hydrogen) atoms. The van der Waals surface area contributed by atoms with Crippen LogP contribution < -0.4 is 21.3 Å². The third kappa shape index (κ3) is 19.2. The van der Waals surface area contributed by atoms with Crippen LogP contribution in [0.25, 0.3) is 0 Å². The Hall–Kier alpha value is -4.01. The molecule has 0 spiro atoms. The highest BCUT2D eigenvalue weighted by Gasteiger charge is 2.39. The summed E-state index contributed by atoms with van der Waals surface area (Å²) in [6, 6.07) is -7.32. The molecule has 0 saturated heterocycles. The largest absolute Gasteiger partial charge is 0.396 e. The smallest absolute Gasteiger partial charge is 0.333 e. The quantitative estimate of drug-likeness (QED) is 0.0812. The number of urea groups is 4. The van der Waals surface area contributed by atoms with Crippen molar-refractivity contribution in [2.24, 2.45) is 11.8 Å². The minimum Gasteiger partial charge on any atom is -0.396 e. The van der Waals surface area contributed by atoms with Crippen LogP contribution in [-0.2, 0) is 19.2 Å². The Labute approximate surface area is 348 Å². The van der Waals surface area contributed by atoms with E-state index < -0.39 is 64.9 Å². The van der Waals surface area contributed by atoms with Gasteiger partial charge in [-0.15, -0.1) is 11.8 Å². The van der Waals surface area contributed by atoms with Crippen LogP contribution in [0.2, 0.25) is 0 Å². The van der Waals surface area contributed by atoms with Gasteiger partial charge in [-0.2, -0.15) is 0 Å². The molecule has 0 aliphatic rings. The highest BCUT2D eigenvalue weighted by Crippen LogP contribution is 2.25. The van der Waals surface area contributed by atoms with Crippen molar-refractivity contribution in [2.45, 2.75) is 116 Å². The number of nitrogens with zero attached hydrogens (tertiary/aromatic N) is 5. The maximum absolute atomic E-state index is 14.2. The maximum Gasteiger partial charge on any atom is 0.333 e. The van der Waals surface area contributed by atoms with Crippen molar-refractivity contribution in [2.75, 3.05) is 67.2 Å². The van der Waals surface area contributed by atoms with Gasteiger partial charge in [0, 0.05) is 54.7 Å². The minimum absolute atomic E-state index is 0.0218. The highest BCUT2D eigenvalue weighted by atomic mass is 32.2. The summed E-state index contributed by atoms with van der Waals surface area (Å²) < 4.78 is 0. The van der Waals surface area contributed by atoms with Gasteiger partial charge >= 0.3 is 24.1 Å². The van der Waals surface area contributed by atoms with Gasteiger partial charge in [0.2, 0.25) is 11.8 Å². The second kappa shape index (κ2) is 26.9. The van der Waals surface area contributed by atoms with Crippen LogP contribution in [0, 0.1) is 11.8 Å². The first-order chi connectivity index (χ1) is 27.0. The molecule has 0 saturated carbocycles. The molecule has 6 N–H and O–H groups in total. The molecule has 0 heterocycles. The molecule has 20 heteroatoms. The minimum atomic E-state index is -1.53. The number of carbonyl (C=O) groups excluding carboxylic acids is 8. The first-order valence-corrected chi connectivity index (χ1v) is 20.9. The van der Waals surface area contributed by atoms with Gasteiger partial charge < -0.3 is 35.1 Å². The molecule has 0 aromatic rings. The van der Waals surface area contributed by atoms with E-state index in [2.05, 4.69) is 24.1 Å². The molecule has 0 fully saturated rings. The van der Waals surface area contributed by atoms with E-state index in [0.29, 0.717) is 23.5 Å². The molecule has 0 radical (unpaired) electrons. The van der Waals surface area contributed by atoms with Gasteiger partial charge in [0.05, 0.1) is 5.60 Å². The van der Waals surface area contributed by atoms with E-state index in [1.807, 2.05) is 31.4 Å². The summed E-state index contributed by atoms with van der Waals surface area (Å²) >= 11 is 1.19. The van der Waals surface area contributed by atoms with E-state index in [4.69, 9.17) is 0 Å². The van der Waals surface area contributed by atoms with Crippen LogP contribution in [0.15, 0.2) is 0 Å². The van der Waals surface area contributed by atoms with Gasteiger partial charge in [0.15, 0.2) is 5.37 Å². The number of hydrogen-bond donors (Lipinski definition) is 6. The van der Waals surface area contributed by atoms with Gasteiger partial charge in [0.1, 0.15) is 12.1 Å². The molecule has 12 amide bonds. The van der Waals surface area contributed by atoms with E-state index in [1.165, 1.54) is 58.7 Å². The molecule has 0 aliphatic carbocycles. The Morgan fingerprint density at radius 2 is 1.33 bits per heavy atom. The number of aliphatic hydroxyl groups excluding tert-OH is 1. The van der Waals surface area contributed by atoms with Crippen molar-refractivity contribution >= 4 is 59.5 Å². The zero-order valence-electron chi connectivity index (χ0n) is 36.7. The number of amides is 12. The zero-order chi connectivity index (χ0) is 44.9. The van der Waals surface area contributed by atoms with Crippen LogP contribution >= 0.6 is 11.8 Å². The molecule has 334 valence electrons. The predicted molar refractivity (Wildman–Crippen MR) is 222 cm³/mol. The lowest BCUT2D eigenvalue weighted by Crippen LogP contribution is -2.58. The number of thioether (sulfide) groups is 1. The van der Waals surface area contributed by atoms with Crippen LogP contribution in [0.1, 0.15) is 93.4 Å². The van der Waals surface area contributed by atoms with Crippen molar-refractivity contribution in [1.29, 1.82) is 0 Å². The maximum atomic E-state index is 14.2. The van der Waals surface area contributed by atoms with Gasteiger partial charge in [-0.05, 0) is 83.2 Å². The molecule has 0 unspecified atom stereocenters. The fourth-order valence-corrected chi connectivity index (χ4v) is 7.19. The summed E-state index contributed by atoms with van der Waals surface area (Å²) in [5.74, 6) is -2.07. The van der Waals surface area contributed by atoms with Gasteiger partial charge in [-0.3, -0.25) is 35.1 Å². The number of nitrogens with one attached hydrogen (secondary N) is 4. The van der Waals surface area contributed by atoms with Crippen LogP contribution in [-0.4, -0.2) is 173 Å². The second-order valence-corrected chi connectivity index (χ2v) is 16.6. The zero-order valence-corrected chi connectivity index (χ0v) is 37.5. The van der Waals surface area contributed by atoms with Crippen molar-refractivity contribution in [1.82, 2.24) is 45.8 Å². The standard InChI is InChI=1S/C38H71N9O10S/c1-13-17-29(49)45(11)33(58-21-19-26(24-48)18-16-20-47(14-2)15-3)32(52)43(9)28(23-38(6,7)57)31(51)40-35(54)46(12)37(56)42-34(53)41-36(55)44(10)27(22-25(4)5)30(50)39-8/h25-28,33,48,57H,13-24H2,1-12H3,(H,39,50)(H,40,51,54)(H2,41,42,53,55,56)/t26-,27-,28-,33+/m0/s1. The number of hydrogen-bond acceptors (Lipinski definition) is 12. The monoisotopic (exact) mass is 846 g/mol. The SMILES string of the molecule is CCCC(=O)N(C)[C@H](SCC[C@@H](CO)CCCN(CC)CC)C(=O)N(C)[C@@H](CC(C)(C)O)C(=O)NC(=O)N(C)C(=O)NC(=O)NC(=O)N(C)[C@@H](CC(C)C)C(=O)NC. The van der Waals surface area contributed by atoms with Crippen molar-refractivity contribution < 1.29 is 48.6 Å². The first kappa shape index (κ1) is 54.0. The van der Waals surface area contributed by atoms with Gasteiger partial charge in [-0.1, -0.05) is 34.6 Å². The van der Waals surface area contributed by atoms with E-state index in [9.17, 15) is 48.6 Å². The third-order valence-electron chi connectivity index (χ3n) is 9.58. The Morgan fingerprint density at radius 1 is 0.759 bits per heavy atom. The van der Waals surface area contributed by atoms with Crippen molar-refractivity contribution in [3.63, 3.8) is 0 Å². The van der Waals surface area contributed by atoms with E-state index >= 15 is 0 Å². The summed E-state index contributed by atoms with van der Waals surface area (Å²) in [5, 5.41) is 27.9. The molecule has 0 aliphatic heterocycles. The summed E-state index contributed by atoms with van der Waals surface area (Å²) in [4.78, 5) is 110. The molecule has 4 atom stereocenters. The van der Waals surface area contributed by atoms with Crippen LogP contribution in [0.4, 0.5) is 19.2 Å². The fraction of sp³-hybridized carbons (Fsp3) is 0.789. The lowest BCUT2D eigenvalue weighted by Gasteiger charge is -2.36. The molecular weight excluding hydrogens is 775 g/mol. The summed E-state index contributed by atoms with van der Waals surface area (Å²) in [6.07, 6.45) is 2.88. The molecule has 19 nitrogen and oxygen atoms in total. The van der Waals surface area contributed by atoms with Crippen molar-refractivity contribution in [3.05, 3.63) is 0 Å². The van der Waals surface area contributed by atoms with Crippen LogP contribution in [0.3, 0.4) is 0 Å². The lowest BCUT2D eigenvalue weighted by atomic mass is 9.97. The van der Waals surface area contributed by atoms with E-state index in [1.54, 1.807) is 5.32 Å². The van der Waals surface area contributed by atoms with Gasteiger partial charge in [0.25, 0.3) is 11.8 Å². The summed E-state index contributed by atoms with van der Waals surface area (Å²) in [6.45, 7) is 15.2. The first-order valence-electron chi connectivity index (χ1n) is 19.9. The van der Waals surface area contributed by atoms with E-state index in [0.717, 1.165) is 49.3 Å². The van der Waals surface area contributed by atoms with Gasteiger partial charge in [-0.25, -0.2) is 24.1 Å². The Balaban J connectivity index is 5.97. The third-order valence-corrected chi connectivity index (χ3v) is 10.9. The molecule has 0 aromatic carbocycles. The summed E-state index contributed by atoms with van der Waals surface area (Å²) in [5.41, 5.74) is -1.53. The average Bonchev–Trinajstić information content (AvgIpc) is 3.16. The highest BCUT2D eigenvalue weighted by molar-refractivity contribution is 8.00.